The normalized spacial score (nSPS) is 16.3. The molecular weight excluding hydrogens is 571 g/mol. The molecule has 1 aromatic carbocycles. The Morgan fingerprint density at radius 1 is 1.09 bits per heavy atom. The number of carbonyl (C=O) groups is 1. The lowest BCUT2D eigenvalue weighted by Gasteiger charge is -2.29. The fourth-order valence-electron chi connectivity index (χ4n) is 6.90. The summed E-state index contributed by atoms with van der Waals surface area (Å²) in [6, 6.07) is 7.65. The zero-order valence-electron chi connectivity index (χ0n) is 27.2. The molecule has 5 heterocycles. The van der Waals surface area contributed by atoms with E-state index in [0.29, 0.717) is 46.8 Å². The second-order valence-electron chi connectivity index (χ2n) is 13.4. The van der Waals surface area contributed by atoms with E-state index in [1.54, 1.807) is 0 Å². The fourth-order valence-corrected chi connectivity index (χ4v) is 6.90. The lowest BCUT2D eigenvalue weighted by molar-refractivity contribution is -0.160. The monoisotopic (exact) mass is 614 g/mol. The predicted molar refractivity (Wildman–Crippen MR) is 175 cm³/mol. The van der Waals surface area contributed by atoms with Crippen LogP contribution in [0, 0.1) is 19.7 Å². The highest BCUT2D eigenvalue weighted by Gasteiger charge is 2.34. The van der Waals surface area contributed by atoms with E-state index in [9.17, 15) is 9.90 Å². The van der Waals surface area contributed by atoms with Crippen molar-refractivity contribution in [3.63, 3.8) is 0 Å². The number of benzene rings is 1. The van der Waals surface area contributed by atoms with Gasteiger partial charge in [0.1, 0.15) is 11.5 Å². The van der Waals surface area contributed by atoms with Crippen LogP contribution in [0.15, 0.2) is 30.5 Å². The first-order valence-corrected chi connectivity index (χ1v) is 16.0. The van der Waals surface area contributed by atoms with Gasteiger partial charge in [0.2, 0.25) is 0 Å². The molecule has 1 fully saturated rings. The maximum absolute atomic E-state index is 15.8. The summed E-state index contributed by atoms with van der Waals surface area (Å²) in [5, 5.41) is 11.3. The number of aryl methyl sites for hydroxylation is 2. The smallest absolute Gasteiger partial charge is 0.337 e. The van der Waals surface area contributed by atoms with Crippen LogP contribution in [0.4, 0.5) is 10.2 Å². The maximum atomic E-state index is 15.8. The summed E-state index contributed by atoms with van der Waals surface area (Å²) in [4.78, 5) is 24.9. The van der Waals surface area contributed by atoms with Crippen molar-refractivity contribution in [1.29, 1.82) is 0 Å². The molecule has 1 N–H and O–H groups in total. The molecule has 4 aromatic rings. The zero-order valence-corrected chi connectivity index (χ0v) is 27.2. The number of rotatable bonds is 6. The highest BCUT2D eigenvalue weighted by Crippen LogP contribution is 2.45. The standard InChI is InChI=1S/C36H43FN4O4/c1-21-24-12-11-17-44-32(24)27(37)19-25(21)31-26-20-28(23-13-14-38-29(18-23)41-15-9-7-8-10-16-41)40(6)34(26)39-22(2)30(31)33(35(42)43)45-36(3,4)5/h13-14,18-20,33H,7-12,15-17H2,1-6H3,(H,42,43)/t33-/m0/s1. The molecule has 2 aliphatic heterocycles. The Labute approximate surface area is 264 Å². The topological polar surface area (TPSA) is 89.7 Å². The molecule has 9 heteroatoms. The van der Waals surface area contributed by atoms with Gasteiger partial charge in [-0.2, -0.15) is 0 Å². The third-order valence-electron chi connectivity index (χ3n) is 9.04. The first-order chi connectivity index (χ1) is 21.4. The van der Waals surface area contributed by atoms with E-state index >= 15 is 4.39 Å². The SMILES string of the molecule is Cc1nc2c(cc(-c3ccnc(N4CCCCCC4)c3)n2C)c(-c2cc(F)c3c(c2C)CCCO3)c1[C@H](OC(C)(C)C)C(=O)O. The lowest BCUT2D eigenvalue weighted by Crippen LogP contribution is -2.28. The number of nitrogens with zero attached hydrogens (tertiary/aromatic N) is 4. The minimum absolute atomic E-state index is 0.290. The van der Waals surface area contributed by atoms with Crippen LogP contribution < -0.4 is 9.64 Å². The molecule has 45 heavy (non-hydrogen) atoms. The minimum Gasteiger partial charge on any atom is -0.490 e. The number of carboxylic acid groups (broad SMARTS) is 1. The Hall–Kier alpha value is -3.98. The van der Waals surface area contributed by atoms with Crippen molar-refractivity contribution in [2.45, 2.75) is 84.8 Å². The van der Waals surface area contributed by atoms with Crippen LogP contribution in [0.3, 0.4) is 0 Å². The van der Waals surface area contributed by atoms with Crippen molar-refractivity contribution < 1.29 is 23.8 Å². The number of carboxylic acids is 1. The van der Waals surface area contributed by atoms with Gasteiger partial charge in [-0.15, -0.1) is 0 Å². The van der Waals surface area contributed by atoms with Crippen LogP contribution in [0.1, 0.15) is 81.4 Å². The molecule has 0 aliphatic carbocycles. The van der Waals surface area contributed by atoms with Crippen LogP contribution in [-0.4, -0.2) is 50.9 Å². The number of fused-ring (bicyclic) bond motifs is 2. The van der Waals surface area contributed by atoms with Gasteiger partial charge >= 0.3 is 5.97 Å². The van der Waals surface area contributed by atoms with E-state index < -0.39 is 23.5 Å². The van der Waals surface area contributed by atoms with Crippen molar-refractivity contribution in [1.82, 2.24) is 14.5 Å². The van der Waals surface area contributed by atoms with E-state index in [1.807, 2.05) is 64.6 Å². The number of aliphatic carboxylic acids is 1. The summed E-state index contributed by atoms with van der Waals surface area (Å²) in [6.45, 7) is 11.7. The number of aromatic nitrogens is 3. The molecule has 0 bridgehead atoms. The Morgan fingerprint density at radius 3 is 2.51 bits per heavy atom. The zero-order chi connectivity index (χ0) is 32.0. The van der Waals surface area contributed by atoms with Crippen molar-refractivity contribution in [3.05, 3.63) is 58.7 Å². The van der Waals surface area contributed by atoms with Crippen molar-refractivity contribution in [3.8, 4) is 28.1 Å². The van der Waals surface area contributed by atoms with E-state index in [0.717, 1.165) is 65.9 Å². The third-order valence-corrected chi connectivity index (χ3v) is 9.04. The van der Waals surface area contributed by atoms with Crippen LogP contribution in [0.5, 0.6) is 5.75 Å². The molecule has 2 aliphatic rings. The summed E-state index contributed by atoms with van der Waals surface area (Å²) in [5.41, 5.74) is 5.73. The van der Waals surface area contributed by atoms with Gasteiger partial charge in [-0.05, 0) is 95.7 Å². The van der Waals surface area contributed by atoms with Gasteiger partial charge in [-0.25, -0.2) is 19.2 Å². The van der Waals surface area contributed by atoms with Crippen molar-refractivity contribution >= 4 is 22.8 Å². The number of hydrogen-bond donors (Lipinski definition) is 1. The Bertz CT molecular complexity index is 1770. The largest absolute Gasteiger partial charge is 0.490 e. The molecule has 238 valence electrons. The molecule has 6 rings (SSSR count). The number of anilines is 1. The van der Waals surface area contributed by atoms with Crippen LogP contribution in [0.2, 0.25) is 0 Å². The average Bonchev–Trinajstić information content (AvgIpc) is 3.15. The molecule has 0 saturated carbocycles. The van der Waals surface area contributed by atoms with Crippen LogP contribution >= 0.6 is 0 Å². The quantitative estimate of drug-likeness (QED) is 0.238. The Kier molecular flexibility index (Phi) is 8.33. The number of halogens is 1. The third kappa shape index (κ3) is 5.90. The molecule has 0 unspecified atom stereocenters. The van der Waals surface area contributed by atoms with Gasteiger partial charge in [0.25, 0.3) is 0 Å². The van der Waals surface area contributed by atoms with E-state index in [4.69, 9.17) is 19.4 Å². The van der Waals surface area contributed by atoms with Gasteiger partial charge in [-0.3, -0.25) is 0 Å². The molecule has 1 saturated heterocycles. The molecule has 0 radical (unpaired) electrons. The maximum Gasteiger partial charge on any atom is 0.337 e. The van der Waals surface area contributed by atoms with E-state index in [2.05, 4.69) is 11.0 Å². The summed E-state index contributed by atoms with van der Waals surface area (Å²) < 4.78 is 29.7. The van der Waals surface area contributed by atoms with E-state index in [-0.39, 0.29) is 0 Å². The first-order valence-electron chi connectivity index (χ1n) is 16.0. The van der Waals surface area contributed by atoms with E-state index in [1.165, 1.54) is 18.9 Å². The molecule has 0 amide bonds. The Balaban J connectivity index is 1.62. The lowest BCUT2D eigenvalue weighted by atomic mass is 9.86. The van der Waals surface area contributed by atoms with Crippen LogP contribution in [-0.2, 0) is 23.0 Å². The summed E-state index contributed by atoms with van der Waals surface area (Å²) >= 11 is 0. The summed E-state index contributed by atoms with van der Waals surface area (Å²) in [7, 11) is 1.97. The number of pyridine rings is 2. The Morgan fingerprint density at radius 2 is 1.82 bits per heavy atom. The van der Waals surface area contributed by atoms with Gasteiger partial charge in [-0.1, -0.05) is 12.8 Å². The predicted octanol–water partition coefficient (Wildman–Crippen LogP) is 7.70. The molecular formula is C36H43FN4O4. The number of ether oxygens (including phenoxy) is 2. The second-order valence-corrected chi connectivity index (χ2v) is 13.4. The molecule has 1 atom stereocenters. The van der Waals surface area contributed by atoms with Gasteiger partial charge in [0, 0.05) is 59.7 Å². The first kappa shape index (κ1) is 31.0. The van der Waals surface area contributed by atoms with Crippen molar-refractivity contribution in [2.24, 2.45) is 7.05 Å². The van der Waals surface area contributed by atoms with Gasteiger partial charge in [0.05, 0.1) is 17.9 Å². The molecule has 0 spiro atoms. The molecule has 8 nitrogen and oxygen atoms in total. The van der Waals surface area contributed by atoms with Crippen LogP contribution in [0.25, 0.3) is 33.4 Å². The highest BCUT2D eigenvalue weighted by atomic mass is 19.1. The highest BCUT2D eigenvalue weighted by molar-refractivity contribution is 6.01. The van der Waals surface area contributed by atoms with Gasteiger partial charge < -0.3 is 24.0 Å². The second kappa shape index (κ2) is 12.1. The molecule has 3 aromatic heterocycles. The van der Waals surface area contributed by atoms with Crippen molar-refractivity contribution in [2.75, 3.05) is 24.6 Å². The minimum atomic E-state index is -1.31. The average molecular weight is 615 g/mol. The summed E-state index contributed by atoms with van der Waals surface area (Å²) in [6.07, 6.45) is 6.78. The van der Waals surface area contributed by atoms with Gasteiger partial charge in [0.15, 0.2) is 17.7 Å². The number of hydrogen-bond acceptors (Lipinski definition) is 6. The fraction of sp³-hybridized carbons (Fsp3) is 0.472. The summed E-state index contributed by atoms with van der Waals surface area (Å²) in [5.74, 6) is -0.336.